The minimum absolute atomic E-state index is 0. The van der Waals surface area contributed by atoms with Gasteiger partial charge in [0, 0.05) is 25.6 Å². The van der Waals surface area contributed by atoms with E-state index in [2.05, 4.69) is 37.5 Å². The lowest BCUT2D eigenvalue weighted by molar-refractivity contribution is -0.127. The largest absolute Gasteiger partial charge is 0.481 e. The fourth-order valence-electron chi connectivity index (χ4n) is 2.60. The number of aliphatic hydroxyl groups excluding tert-OH is 1. The molecule has 5 nitrogen and oxygen atoms in total. The Morgan fingerprint density at radius 1 is 1.42 bits per heavy atom. The number of ether oxygens (including phenoxy) is 1. The van der Waals surface area contributed by atoms with E-state index in [4.69, 9.17) is 4.74 Å². The van der Waals surface area contributed by atoms with Crippen LogP contribution in [0.4, 0.5) is 0 Å². The predicted molar refractivity (Wildman–Crippen MR) is 97.9 cm³/mol. The average Bonchev–Trinajstić information content (AvgIpc) is 2.89. The first kappa shape index (κ1) is 20.7. The van der Waals surface area contributed by atoms with Gasteiger partial charge in [-0.1, -0.05) is 32.9 Å². The summed E-state index contributed by atoms with van der Waals surface area (Å²) in [4.78, 5) is 12.2. The monoisotopic (exact) mass is 356 g/mol. The van der Waals surface area contributed by atoms with Gasteiger partial charge in [-0.3, -0.25) is 4.79 Å². The Hall–Kier alpha value is -1.30. The van der Waals surface area contributed by atoms with Crippen LogP contribution in [0.5, 0.6) is 5.75 Å². The molecule has 1 heterocycles. The fraction of sp³-hybridized carbons (Fsp3) is 0.611. The standard InChI is InChI=1S/C18H28N2O3.ClH/c1-12(17(22)20-10-13-9-19-11-16(13)21)23-15-7-5-6-14(8-15)18(2,3)4;/h5-8,12-13,16,19,21H,9-11H2,1-4H3,(H,20,22);1H. The van der Waals surface area contributed by atoms with E-state index in [0.29, 0.717) is 18.8 Å². The van der Waals surface area contributed by atoms with Gasteiger partial charge < -0.3 is 20.5 Å². The summed E-state index contributed by atoms with van der Waals surface area (Å²) in [6.45, 7) is 9.94. The average molecular weight is 357 g/mol. The van der Waals surface area contributed by atoms with Crippen molar-refractivity contribution in [3.63, 3.8) is 0 Å². The van der Waals surface area contributed by atoms with Crippen LogP contribution in [0.25, 0.3) is 0 Å². The number of β-amino-alcohol motifs (C(OH)–C–C–N with tert-alkyl or cyclic N) is 1. The van der Waals surface area contributed by atoms with Gasteiger partial charge in [-0.05, 0) is 30.0 Å². The SMILES string of the molecule is CC(Oc1cccc(C(C)(C)C)c1)C(=O)NCC1CNCC1O.Cl. The number of hydrogen-bond acceptors (Lipinski definition) is 4. The Morgan fingerprint density at radius 2 is 2.12 bits per heavy atom. The van der Waals surface area contributed by atoms with Crippen molar-refractivity contribution in [1.29, 1.82) is 0 Å². The molecule has 3 atom stereocenters. The normalized spacial score (nSPS) is 21.7. The molecule has 0 aliphatic carbocycles. The topological polar surface area (TPSA) is 70.6 Å². The third-order valence-electron chi connectivity index (χ3n) is 4.22. The van der Waals surface area contributed by atoms with Crippen molar-refractivity contribution in [1.82, 2.24) is 10.6 Å². The van der Waals surface area contributed by atoms with Crippen molar-refractivity contribution in [3.05, 3.63) is 29.8 Å². The molecule has 6 heteroatoms. The van der Waals surface area contributed by atoms with Crippen LogP contribution in [-0.2, 0) is 10.2 Å². The second-order valence-corrected chi connectivity index (χ2v) is 7.27. The maximum atomic E-state index is 12.2. The van der Waals surface area contributed by atoms with E-state index in [1.807, 2.05) is 18.2 Å². The number of aliphatic hydroxyl groups is 1. The van der Waals surface area contributed by atoms with Crippen LogP contribution in [0.15, 0.2) is 24.3 Å². The van der Waals surface area contributed by atoms with Gasteiger partial charge in [-0.15, -0.1) is 12.4 Å². The van der Waals surface area contributed by atoms with Crippen molar-refractivity contribution in [3.8, 4) is 5.75 Å². The number of carbonyl (C=O) groups is 1. The lowest BCUT2D eigenvalue weighted by Gasteiger charge is -2.21. The van der Waals surface area contributed by atoms with Crippen LogP contribution in [-0.4, -0.2) is 42.9 Å². The van der Waals surface area contributed by atoms with Gasteiger partial charge in [0.05, 0.1) is 6.10 Å². The van der Waals surface area contributed by atoms with Crippen LogP contribution in [0.3, 0.4) is 0 Å². The highest BCUT2D eigenvalue weighted by Crippen LogP contribution is 2.26. The number of carbonyl (C=O) groups excluding carboxylic acids is 1. The summed E-state index contributed by atoms with van der Waals surface area (Å²) < 4.78 is 5.76. The van der Waals surface area contributed by atoms with Crippen molar-refractivity contribution in [2.45, 2.75) is 45.3 Å². The highest BCUT2D eigenvalue weighted by molar-refractivity contribution is 5.85. The second-order valence-electron chi connectivity index (χ2n) is 7.27. The molecule has 0 saturated carbocycles. The number of nitrogens with one attached hydrogen (secondary N) is 2. The van der Waals surface area contributed by atoms with Crippen LogP contribution < -0.4 is 15.4 Å². The Kier molecular flexibility index (Phi) is 7.52. The van der Waals surface area contributed by atoms with E-state index in [0.717, 1.165) is 6.54 Å². The summed E-state index contributed by atoms with van der Waals surface area (Å²) in [6.07, 6.45) is -0.966. The van der Waals surface area contributed by atoms with Crippen LogP contribution in [0, 0.1) is 5.92 Å². The molecule has 0 aromatic heterocycles. The molecule has 0 spiro atoms. The highest BCUT2D eigenvalue weighted by atomic mass is 35.5. The van der Waals surface area contributed by atoms with Gasteiger partial charge in [-0.2, -0.15) is 0 Å². The molecule has 24 heavy (non-hydrogen) atoms. The van der Waals surface area contributed by atoms with Crippen LogP contribution in [0.2, 0.25) is 0 Å². The molecule has 0 bridgehead atoms. The molecule has 1 aliphatic heterocycles. The maximum absolute atomic E-state index is 12.2. The molecular formula is C18H29ClN2O3. The highest BCUT2D eigenvalue weighted by Gasteiger charge is 2.26. The van der Waals surface area contributed by atoms with Gasteiger partial charge in [0.25, 0.3) is 5.91 Å². The van der Waals surface area contributed by atoms with E-state index in [1.54, 1.807) is 6.92 Å². The molecule has 1 aliphatic rings. The molecule has 3 unspecified atom stereocenters. The maximum Gasteiger partial charge on any atom is 0.260 e. The Balaban J connectivity index is 0.00000288. The lowest BCUT2D eigenvalue weighted by atomic mass is 9.87. The van der Waals surface area contributed by atoms with Gasteiger partial charge in [0.15, 0.2) is 6.10 Å². The molecule has 1 saturated heterocycles. The Labute approximate surface area is 150 Å². The molecule has 1 amide bonds. The molecule has 1 aromatic rings. The minimum atomic E-state index is -0.572. The molecule has 1 aromatic carbocycles. The summed E-state index contributed by atoms with van der Waals surface area (Å²) in [7, 11) is 0. The Morgan fingerprint density at radius 3 is 2.71 bits per heavy atom. The molecular weight excluding hydrogens is 328 g/mol. The number of amides is 1. The van der Waals surface area contributed by atoms with Crippen molar-refractivity contribution in [2.75, 3.05) is 19.6 Å². The first-order valence-electron chi connectivity index (χ1n) is 8.21. The third-order valence-corrected chi connectivity index (χ3v) is 4.22. The van der Waals surface area contributed by atoms with E-state index < -0.39 is 12.2 Å². The van der Waals surface area contributed by atoms with E-state index in [9.17, 15) is 9.90 Å². The van der Waals surface area contributed by atoms with Crippen LogP contribution in [0.1, 0.15) is 33.3 Å². The third kappa shape index (κ3) is 5.65. The predicted octanol–water partition coefficient (Wildman–Crippen LogP) is 1.87. The summed E-state index contributed by atoms with van der Waals surface area (Å²) in [5.41, 5.74) is 1.21. The van der Waals surface area contributed by atoms with Crippen LogP contribution >= 0.6 is 12.4 Å². The lowest BCUT2D eigenvalue weighted by Crippen LogP contribution is -2.41. The molecule has 136 valence electrons. The van der Waals surface area contributed by atoms with E-state index in [-0.39, 0.29) is 29.6 Å². The smallest absolute Gasteiger partial charge is 0.260 e. The van der Waals surface area contributed by atoms with E-state index >= 15 is 0 Å². The number of halogens is 1. The molecule has 1 fully saturated rings. The first-order valence-corrected chi connectivity index (χ1v) is 8.21. The zero-order valence-corrected chi connectivity index (χ0v) is 15.7. The number of benzene rings is 1. The first-order chi connectivity index (χ1) is 10.8. The quantitative estimate of drug-likeness (QED) is 0.753. The van der Waals surface area contributed by atoms with Gasteiger partial charge in [0.2, 0.25) is 0 Å². The second kappa shape index (κ2) is 8.70. The molecule has 0 radical (unpaired) electrons. The summed E-state index contributed by atoms with van der Waals surface area (Å²) in [5, 5.41) is 15.7. The number of rotatable bonds is 5. The zero-order valence-electron chi connectivity index (χ0n) is 14.8. The van der Waals surface area contributed by atoms with Crippen molar-refractivity contribution in [2.24, 2.45) is 5.92 Å². The Bertz CT molecular complexity index is 545. The van der Waals surface area contributed by atoms with Crippen molar-refractivity contribution >= 4 is 18.3 Å². The number of hydrogen-bond donors (Lipinski definition) is 3. The van der Waals surface area contributed by atoms with E-state index in [1.165, 1.54) is 5.56 Å². The minimum Gasteiger partial charge on any atom is -0.481 e. The molecule has 2 rings (SSSR count). The summed E-state index contributed by atoms with van der Waals surface area (Å²) in [5.74, 6) is 0.600. The zero-order chi connectivity index (χ0) is 17.0. The van der Waals surface area contributed by atoms with Crippen molar-refractivity contribution < 1.29 is 14.6 Å². The molecule has 3 N–H and O–H groups in total. The fourth-order valence-corrected chi connectivity index (χ4v) is 2.60. The van der Waals surface area contributed by atoms with Gasteiger partial charge >= 0.3 is 0 Å². The van der Waals surface area contributed by atoms with Gasteiger partial charge in [0.1, 0.15) is 5.75 Å². The summed E-state index contributed by atoms with van der Waals surface area (Å²) in [6, 6.07) is 7.85. The van der Waals surface area contributed by atoms with Gasteiger partial charge in [-0.25, -0.2) is 0 Å². The summed E-state index contributed by atoms with van der Waals surface area (Å²) >= 11 is 0.